The quantitative estimate of drug-likeness (QED) is 0.932. The normalized spacial score (nSPS) is 30.1. The molecule has 0 amide bonds. The summed E-state index contributed by atoms with van der Waals surface area (Å²) in [6, 6.07) is 5.41. The molecule has 2 aliphatic rings. The Morgan fingerprint density at radius 2 is 1.81 bits per heavy atom. The molecule has 3 rings (SSSR count). The van der Waals surface area contributed by atoms with E-state index in [9.17, 15) is 12.8 Å². The number of benzene rings is 1. The molecule has 0 aromatic heterocycles. The Morgan fingerprint density at radius 1 is 1.19 bits per heavy atom. The molecular formula is C15H21FN2O2S. The maximum atomic E-state index is 12.9. The second kappa shape index (κ2) is 5.25. The van der Waals surface area contributed by atoms with Gasteiger partial charge in [-0.2, -0.15) is 12.7 Å². The predicted molar refractivity (Wildman–Crippen MR) is 80.6 cm³/mol. The molecule has 1 saturated heterocycles. The van der Waals surface area contributed by atoms with E-state index in [0.717, 1.165) is 32.1 Å². The third kappa shape index (κ3) is 2.79. The maximum Gasteiger partial charge on any atom is 0.302 e. The molecule has 0 atom stereocenters. The van der Waals surface area contributed by atoms with Crippen molar-refractivity contribution in [3.05, 3.63) is 30.1 Å². The van der Waals surface area contributed by atoms with Crippen molar-refractivity contribution in [2.24, 2.45) is 5.92 Å². The first-order valence-electron chi connectivity index (χ1n) is 7.47. The zero-order valence-corrected chi connectivity index (χ0v) is 13.0. The molecular weight excluding hydrogens is 291 g/mol. The molecule has 1 N–H and O–H groups in total. The first-order chi connectivity index (χ1) is 9.91. The highest BCUT2D eigenvalue weighted by Crippen LogP contribution is 2.46. The molecule has 1 aromatic carbocycles. The molecule has 21 heavy (non-hydrogen) atoms. The molecule has 2 fully saturated rings. The molecule has 0 bridgehead atoms. The van der Waals surface area contributed by atoms with E-state index in [2.05, 4.69) is 11.6 Å². The number of hydrogen-bond donors (Lipinski definition) is 1. The van der Waals surface area contributed by atoms with Gasteiger partial charge in [0.2, 0.25) is 0 Å². The summed E-state index contributed by atoms with van der Waals surface area (Å²) in [7, 11) is -3.55. The number of anilines is 1. The second-order valence-corrected chi connectivity index (χ2v) is 7.94. The Labute approximate surface area is 125 Å². The van der Waals surface area contributed by atoms with Crippen LogP contribution in [-0.4, -0.2) is 24.8 Å². The highest BCUT2D eigenvalue weighted by atomic mass is 32.2. The number of hydrogen-bond acceptors (Lipinski definition) is 2. The molecule has 0 radical (unpaired) electrons. The Bertz CT molecular complexity index is 607. The van der Waals surface area contributed by atoms with Crippen LogP contribution in [0.3, 0.4) is 0 Å². The van der Waals surface area contributed by atoms with Crippen molar-refractivity contribution in [2.45, 2.75) is 44.6 Å². The second-order valence-electron chi connectivity index (χ2n) is 6.34. The third-order valence-electron chi connectivity index (χ3n) is 4.90. The van der Waals surface area contributed by atoms with Crippen LogP contribution < -0.4 is 4.72 Å². The number of nitrogens with one attached hydrogen (secondary N) is 1. The van der Waals surface area contributed by atoms with E-state index in [0.29, 0.717) is 18.2 Å². The minimum absolute atomic E-state index is 0.182. The summed E-state index contributed by atoms with van der Waals surface area (Å²) in [5.74, 6) is 0.311. The molecule has 1 aromatic rings. The van der Waals surface area contributed by atoms with Gasteiger partial charge in [-0.3, -0.25) is 4.72 Å². The summed E-state index contributed by atoms with van der Waals surface area (Å²) in [4.78, 5) is 0. The topological polar surface area (TPSA) is 49.4 Å². The monoisotopic (exact) mass is 312 g/mol. The largest absolute Gasteiger partial charge is 0.302 e. The van der Waals surface area contributed by atoms with Crippen LogP contribution in [0.1, 0.15) is 39.0 Å². The number of halogens is 1. The van der Waals surface area contributed by atoms with Gasteiger partial charge in [0.25, 0.3) is 0 Å². The highest BCUT2D eigenvalue weighted by molar-refractivity contribution is 7.90. The van der Waals surface area contributed by atoms with Gasteiger partial charge in [-0.05, 0) is 62.3 Å². The number of rotatable bonds is 3. The lowest BCUT2D eigenvalue weighted by Crippen LogP contribution is -2.64. The molecule has 0 unspecified atom stereocenters. The van der Waals surface area contributed by atoms with Crippen LogP contribution in [0.5, 0.6) is 0 Å². The van der Waals surface area contributed by atoms with Crippen molar-refractivity contribution in [3.63, 3.8) is 0 Å². The summed E-state index contributed by atoms with van der Waals surface area (Å²) in [6.07, 6.45) is 5.01. The fourth-order valence-corrected chi connectivity index (χ4v) is 5.07. The van der Waals surface area contributed by atoms with E-state index in [1.807, 2.05) is 0 Å². The SMILES string of the molecule is CC1CCC2(CC1)CCN2S(=O)(=O)Nc1ccc(F)cc1. The van der Waals surface area contributed by atoms with E-state index in [1.54, 1.807) is 4.31 Å². The smallest absolute Gasteiger partial charge is 0.271 e. The van der Waals surface area contributed by atoms with Crippen LogP contribution in [0, 0.1) is 11.7 Å². The van der Waals surface area contributed by atoms with E-state index < -0.39 is 10.2 Å². The Balaban J connectivity index is 1.74. The molecule has 6 heteroatoms. The van der Waals surface area contributed by atoms with Gasteiger partial charge in [-0.15, -0.1) is 0 Å². The van der Waals surface area contributed by atoms with Crippen LogP contribution >= 0.6 is 0 Å². The van der Waals surface area contributed by atoms with Gasteiger partial charge >= 0.3 is 10.2 Å². The number of nitrogens with zero attached hydrogens (tertiary/aromatic N) is 1. The molecule has 116 valence electrons. The fraction of sp³-hybridized carbons (Fsp3) is 0.600. The van der Waals surface area contributed by atoms with Crippen LogP contribution in [0.25, 0.3) is 0 Å². The molecule has 1 heterocycles. The Kier molecular flexibility index (Phi) is 3.69. The molecule has 4 nitrogen and oxygen atoms in total. The summed E-state index contributed by atoms with van der Waals surface area (Å²) in [5, 5.41) is 0. The van der Waals surface area contributed by atoms with Crippen LogP contribution in [0.2, 0.25) is 0 Å². The zero-order valence-electron chi connectivity index (χ0n) is 12.2. The van der Waals surface area contributed by atoms with Gasteiger partial charge in [0.05, 0.1) is 0 Å². The minimum atomic E-state index is -3.55. The maximum absolute atomic E-state index is 12.9. The lowest BCUT2D eigenvalue weighted by molar-refractivity contribution is 0.0217. The molecule has 1 aliphatic heterocycles. The standard InChI is InChI=1S/C15H21FN2O2S/c1-12-6-8-15(9-7-12)10-11-18(15)21(19,20)17-14-4-2-13(16)3-5-14/h2-5,12,17H,6-11H2,1H3. The Morgan fingerprint density at radius 3 is 2.33 bits per heavy atom. The summed E-state index contributed by atoms with van der Waals surface area (Å²) >= 11 is 0. The molecule has 1 spiro atoms. The average Bonchev–Trinajstić information content (AvgIpc) is 2.40. The molecule has 1 aliphatic carbocycles. The van der Waals surface area contributed by atoms with E-state index in [-0.39, 0.29) is 11.4 Å². The van der Waals surface area contributed by atoms with E-state index in [1.165, 1.54) is 24.3 Å². The lowest BCUT2D eigenvalue weighted by Gasteiger charge is -2.54. The first kappa shape index (κ1) is 14.8. The van der Waals surface area contributed by atoms with Crippen LogP contribution in [-0.2, 0) is 10.2 Å². The van der Waals surface area contributed by atoms with Gasteiger partial charge < -0.3 is 0 Å². The minimum Gasteiger partial charge on any atom is -0.271 e. The van der Waals surface area contributed by atoms with Crippen molar-refractivity contribution in [1.29, 1.82) is 0 Å². The van der Waals surface area contributed by atoms with Gasteiger partial charge in [-0.1, -0.05) is 6.92 Å². The van der Waals surface area contributed by atoms with Crippen molar-refractivity contribution < 1.29 is 12.8 Å². The Hall–Kier alpha value is -1.14. The van der Waals surface area contributed by atoms with E-state index >= 15 is 0 Å². The van der Waals surface area contributed by atoms with Crippen LogP contribution in [0.4, 0.5) is 10.1 Å². The van der Waals surface area contributed by atoms with Crippen molar-refractivity contribution in [1.82, 2.24) is 4.31 Å². The van der Waals surface area contributed by atoms with E-state index in [4.69, 9.17) is 0 Å². The zero-order chi connectivity index (χ0) is 15.1. The summed E-state index contributed by atoms with van der Waals surface area (Å²) in [6.45, 7) is 2.80. The van der Waals surface area contributed by atoms with Crippen LogP contribution in [0.15, 0.2) is 24.3 Å². The van der Waals surface area contributed by atoms with Crippen molar-refractivity contribution >= 4 is 15.9 Å². The van der Waals surface area contributed by atoms with Gasteiger partial charge in [0.15, 0.2) is 0 Å². The summed E-state index contributed by atoms with van der Waals surface area (Å²) < 4.78 is 42.1. The predicted octanol–water partition coefficient (Wildman–Crippen LogP) is 3.14. The lowest BCUT2D eigenvalue weighted by atomic mass is 9.71. The van der Waals surface area contributed by atoms with Crippen molar-refractivity contribution in [3.8, 4) is 0 Å². The summed E-state index contributed by atoms with van der Waals surface area (Å²) in [5.41, 5.74) is 0.223. The van der Waals surface area contributed by atoms with Gasteiger partial charge in [-0.25, -0.2) is 4.39 Å². The van der Waals surface area contributed by atoms with Gasteiger partial charge in [0, 0.05) is 17.8 Å². The van der Waals surface area contributed by atoms with Crippen molar-refractivity contribution in [2.75, 3.05) is 11.3 Å². The molecule has 1 saturated carbocycles. The third-order valence-corrected chi connectivity index (χ3v) is 6.54. The first-order valence-corrected chi connectivity index (χ1v) is 8.91. The van der Waals surface area contributed by atoms with Gasteiger partial charge in [0.1, 0.15) is 5.82 Å². The average molecular weight is 312 g/mol. The fourth-order valence-electron chi connectivity index (χ4n) is 3.42. The highest BCUT2D eigenvalue weighted by Gasteiger charge is 2.51.